The zero-order valence-corrected chi connectivity index (χ0v) is 13.8. The van der Waals surface area contributed by atoms with Gasteiger partial charge in [0.1, 0.15) is 5.82 Å². The number of halogens is 3. The molecule has 2 aromatic carbocycles. The second-order valence-electron chi connectivity index (χ2n) is 4.42. The van der Waals surface area contributed by atoms with Crippen LogP contribution < -0.4 is 5.73 Å². The fourth-order valence-electron chi connectivity index (χ4n) is 1.81. The second kappa shape index (κ2) is 7.46. The summed E-state index contributed by atoms with van der Waals surface area (Å²) in [7, 11) is 0. The first-order valence-electron chi connectivity index (χ1n) is 6.13. The molecule has 1 nitrogen and oxygen atoms in total. The van der Waals surface area contributed by atoms with Crippen molar-refractivity contribution in [1.29, 1.82) is 0 Å². The molecular formula is C15H14BrClFNS. The van der Waals surface area contributed by atoms with E-state index >= 15 is 0 Å². The highest BCUT2D eigenvalue weighted by Crippen LogP contribution is 2.28. The molecule has 0 aliphatic carbocycles. The summed E-state index contributed by atoms with van der Waals surface area (Å²) in [6.07, 6.45) is 0.476. The van der Waals surface area contributed by atoms with E-state index in [4.69, 9.17) is 17.3 Å². The van der Waals surface area contributed by atoms with Crippen LogP contribution in [0, 0.1) is 5.82 Å². The Morgan fingerprint density at radius 3 is 2.70 bits per heavy atom. The molecule has 0 fully saturated rings. The van der Waals surface area contributed by atoms with Crippen LogP contribution in [-0.2, 0) is 6.42 Å². The van der Waals surface area contributed by atoms with Crippen molar-refractivity contribution in [1.82, 2.24) is 0 Å². The van der Waals surface area contributed by atoms with Crippen LogP contribution in [0.4, 0.5) is 4.39 Å². The lowest BCUT2D eigenvalue weighted by atomic mass is 10.1. The third kappa shape index (κ3) is 4.22. The van der Waals surface area contributed by atoms with Crippen molar-refractivity contribution in [2.75, 3.05) is 5.75 Å². The summed E-state index contributed by atoms with van der Waals surface area (Å²) in [4.78, 5) is 1.13. The summed E-state index contributed by atoms with van der Waals surface area (Å²) in [5.41, 5.74) is 6.64. The summed E-state index contributed by atoms with van der Waals surface area (Å²) in [6.45, 7) is 0. The Labute approximate surface area is 135 Å². The lowest BCUT2D eigenvalue weighted by Crippen LogP contribution is -2.26. The Morgan fingerprint density at radius 2 is 1.95 bits per heavy atom. The molecule has 1 atom stereocenters. The molecule has 0 saturated carbocycles. The molecule has 0 heterocycles. The van der Waals surface area contributed by atoms with Crippen LogP contribution in [0.1, 0.15) is 5.56 Å². The number of benzene rings is 2. The first-order valence-corrected chi connectivity index (χ1v) is 8.29. The van der Waals surface area contributed by atoms with Gasteiger partial charge in [-0.1, -0.05) is 35.9 Å². The van der Waals surface area contributed by atoms with Crippen LogP contribution in [0.3, 0.4) is 0 Å². The third-order valence-electron chi connectivity index (χ3n) is 2.80. The first kappa shape index (κ1) is 15.8. The molecule has 106 valence electrons. The Hall–Kier alpha value is -0.550. The highest BCUT2D eigenvalue weighted by atomic mass is 79.9. The summed E-state index contributed by atoms with van der Waals surface area (Å²) < 4.78 is 14.8. The molecule has 0 aliphatic heterocycles. The molecule has 0 radical (unpaired) electrons. The Morgan fingerprint density at radius 1 is 1.20 bits per heavy atom. The van der Waals surface area contributed by atoms with Gasteiger partial charge in [-0.25, -0.2) is 4.39 Å². The van der Waals surface area contributed by atoms with Crippen molar-refractivity contribution in [2.24, 2.45) is 5.73 Å². The predicted octanol–water partition coefficient (Wildman–Crippen LogP) is 4.90. The topological polar surface area (TPSA) is 26.0 Å². The monoisotopic (exact) mass is 373 g/mol. The van der Waals surface area contributed by atoms with Gasteiger partial charge in [0, 0.05) is 21.2 Å². The molecular weight excluding hydrogens is 361 g/mol. The van der Waals surface area contributed by atoms with E-state index in [2.05, 4.69) is 15.9 Å². The Balaban J connectivity index is 1.94. The summed E-state index contributed by atoms with van der Waals surface area (Å²) in [5, 5.41) is 0.146. The van der Waals surface area contributed by atoms with Crippen LogP contribution >= 0.6 is 39.3 Å². The average molecular weight is 375 g/mol. The lowest BCUT2D eigenvalue weighted by Gasteiger charge is -2.13. The van der Waals surface area contributed by atoms with Crippen LogP contribution in [0.5, 0.6) is 0 Å². The molecule has 1 unspecified atom stereocenters. The molecule has 2 rings (SSSR count). The number of hydrogen-bond donors (Lipinski definition) is 1. The van der Waals surface area contributed by atoms with E-state index in [0.29, 0.717) is 17.7 Å². The number of nitrogens with two attached hydrogens (primary N) is 1. The van der Waals surface area contributed by atoms with E-state index in [1.165, 1.54) is 0 Å². The van der Waals surface area contributed by atoms with Crippen LogP contribution in [0.25, 0.3) is 0 Å². The highest BCUT2D eigenvalue weighted by Gasteiger charge is 2.11. The van der Waals surface area contributed by atoms with Crippen molar-refractivity contribution < 1.29 is 4.39 Å². The molecule has 0 aromatic heterocycles. The molecule has 0 spiro atoms. The van der Waals surface area contributed by atoms with Crippen LogP contribution in [-0.4, -0.2) is 11.8 Å². The van der Waals surface area contributed by atoms with Gasteiger partial charge in [0.15, 0.2) is 0 Å². The van der Waals surface area contributed by atoms with Gasteiger partial charge in [-0.2, -0.15) is 0 Å². The van der Waals surface area contributed by atoms with Crippen molar-refractivity contribution in [2.45, 2.75) is 17.4 Å². The number of thioether (sulfide) groups is 1. The maximum atomic E-state index is 13.8. The van der Waals surface area contributed by atoms with E-state index in [-0.39, 0.29) is 16.9 Å². The minimum atomic E-state index is -0.365. The Kier molecular flexibility index (Phi) is 5.90. The molecule has 20 heavy (non-hydrogen) atoms. The smallest absolute Gasteiger partial charge is 0.145 e. The van der Waals surface area contributed by atoms with Crippen molar-refractivity contribution in [3.05, 3.63) is 63.3 Å². The fraction of sp³-hybridized carbons (Fsp3) is 0.200. The molecule has 2 aromatic rings. The van der Waals surface area contributed by atoms with E-state index in [9.17, 15) is 4.39 Å². The minimum Gasteiger partial charge on any atom is -0.327 e. The van der Waals surface area contributed by atoms with Gasteiger partial charge in [-0.3, -0.25) is 0 Å². The maximum Gasteiger partial charge on any atom is 0.145 e. The Bertz CT molecular complexity index is 594. The van der Waals surface area contributed by atoms with E-state index in [1.54, 1.807) is 30.0 Å². The zero-order chi connectivity index (χ0) is 14.5. The lowest BCUT2D eigenvalue weighted by molar-refractivity contribution is 0.598. The maximum absolute atomic E-state index is 13.8. The summed E-state index contributed by atoms with van der Waals surface area (Å²) >= 11 is 10.9. The third-order valence-corrected chi connectivity index (χ3v) is 5.31. The largest absolute Gasteiger partial charge is 0.327 e. The van der Waals surface area contributed by atoms with Crippen LogP contribution in [0.2, 0.25) is 5.02 Å². The quantitative estimate of drug-likeness (QED) is 0.753. The van der Waals surface area contributed by atoms with Crippen molar-refractivity contribution in [3.63, 3.8) is 0 Å². The van der Waals surface area contributed by atoms with Gasteiger partial charge < -0.3 is 5.73 Å². The standard InChI is InChI=1S/C15H14BrClFNS/c16-12-5-1-2-7-14(12)20-9-11(19)8-10-4-3-6-13(17)15(10)18/h1-7,11H,8-9,19H2. The molecule has 0 amide bonds. The molecule has 0 bridgehead atoms. The molecule has 0 saturated heterocycles. The minimum absolute atomic E-state index is 0.125. The summed E-state index contributed by atoms with van der Waals surface area (Å²) in [5.74, 6) is 0.352. The van der Waals surface area contributed by atoms with E-state index in [1.807, 2.05) is 24.3 Å². The SMILES string of the molecule is NC(CSc1ccccc1Br)Cc1cccc(Cl)c1F. The highest BCUT2D eigenvalue weighted by molar-refractivity contribution is 9.10. The van der Waals surface area contributed by atoms with Gasteiger partial charge in [0.2, 0.25) is 0 Å². The number of hydrogen-bond acceptors (Lipinski definition) is 2. The van der Waals surface area contributed by atoms with Gasteiger partial charge >= 0.3 is 0 Å². The molecule has 5 heteroatoms. The second-order valence-corrected chi connectivity index (χ2v) is 6.74. The zero-order valence-electron chi connectivity index (χ0n) is 10.7. The van der Waals surface area contributed by atoms with Crippen molar-refractivity contribution in [3.8, 4) is 0 Å². The molecule has 0 aliphatic rings. The van der Waals surface area contributed by atoms with Gasteiger partial charge in [0.05, 0.1) is 5.02 Å². The normalized spacial score (nSPS) is 12.4. The predicted molar refractivity (Wildman–Crippen MR) is 88.0 cm³/mol. The summed E-state index contributed by atoms with van der Waals surface area (Å²) in [6, 6.07) is 12.9. The van der Waals surface area contributed by atoms with E-state index in [0.717, 1.165) is 9.37 Å². The van der Waals surface area contributed by atoms with Crippen LogP contribution in [0.15, 0.2) is 51.8 Å². The first-order chi connectivity index (χ1) is 9.58. The van der Waals surface area contributed by atoms with Gasteiger partial charge in [-0.05, 0) is 46.1 Å². The van der Waals surface area contributed by atoms with Gasteiger partial charge in [0.25, 0.3) is 0 Å². The van der Waals surface area contributed by atoms with Gasteiger partial charge in [-0.15, -0.1) is 11.8 Å². The number of rotatable bonds is 5. The van der Waals surface area contributed by atoms with E-state index < -0.39 is 0 Å². The average Bonchev–Trinajstić information content (AvgIpc) is 2.43. The van der Waals surface area contributed by atoms with Crippen molar-refractivity contribution >= 4 is 39.3 Å². The molecule has 2 N–H and O–H groups in total. The fourth-order valence-corrected chi connectivity index (χ4v) is 3.52.